The summed E-state index contributed by atoms with van der Waals surface area (Å²) in [7, 11) is 0. The van der Waals surface area contributed by atoms with Gasteiger partial charge in [-0.25, -0.2) is 4.39 Å². The van der Waals surface area contributed by atoms with Gasteiger partial charge < -0.3 is 14.4 Å². The molecule has 1 aromatic carbocycles. The first-order valence-corrected chi connectivity index (χ1v) is 9.42. The highest BCUT2D eigenvalue weighted by Crippen LogP contribution is 2.15. The average molecular weight is 384 g/mol. The van der Waals surface area contributed by atoms with Gasteiger partial charge in [-0.15, -0.1) is 0 Å². The zero-order chi connectivity index (χ0) is 20.1. The van der Waals surface area contributed by atoms with E-state index in [0.717, 1.165) is 13.0 Å². The van der Waals surface area contributed by atoms with Crippen LogP contribution in [-0.2, 0) is 6.54 Å². The van der Waals surface area contributed by atoms with Gasteiger partial charge in [-0.2, -0.15) is 0 Å². The van der Waals surface area contributed by atoms with Crippen LogP contribution in [0.1, 0.15) is 42.1 Å². The maximum Gasteiger partial charge on any atom is 0.289 e. The molecule has 0 radical (unpaired) electrons. The van der Waals surface area contributed by atoms with E-state index in [0.29, 0.717) is 37.5 Å². The monoisotopic (exact) mass is 384 g/mol. The number of rotatable bonds is 3. The summed E-state index contributed by atoms with van der Waals surface area (Å²) >= 11 is 0. The van der Waals surface area contributed by atoms with Crippen LogP contribution in [0.15, 0.2) is 40.8 Å². The van der Waals surface area contributed by atoms with Crippen molar-refractivity contribution in [2.45, 2.75) is 32.4 Å². The molecule has 1 aromatic heterocycles. The highest BCUT2D eigenvalue weighted by atomic mass is 19.1. The molecule has 1 saturated heterocycles. The second-order valence-corrected chi connectivity index (χ2v) is 7.49. The molecule has 0 spiro atoms. The minimum atomic E-state index is -1.12. The number of amides is 1. The fourth-order valence-electron chi connectivity index (χ4n) is 3.09. The summed E-state index contributed by atoms with van der Waals surface area (Å²) in [5, 5.41) is 9.66. The molecule has 1 fully saturated rings. The van der Waals surface area contributed by atoms with E-state index in [2.05, 4.69) is 16.7 Å². The highest BCUT2D eigenvalue weighted by molar-refractivity contribution is 5.91. The lowest BCUT2D eigenvalue weighted by atomic mass is 10.1. The second kappa shape index (κ2) is 8.59. The smallest absolute Gasteiger partial charge is 0.289 e. The zero-order valence-corrected chi connectivity index (χ0v) is 16.2. The number of benzene rings is 1. The van der Waals surface area contributed by atoms with Crippen molar-refractivity contribution in [1.29, 1.82) is 0 Å². The van der Waals surface area contributed by atoms with Gasteiger partial charge in [0.05, 0.1) is 0 Å². The molecule has 0 saturated carbocycles. The second-order valence-electron chi connectivity index (χ2n) is 7.49. The fraction of sp³-hybridized carbons (Fsp3) is 0.409. The minimum Gasteiger partial charge on any atom is -0.443 e. The van der Waals surface area contributed by atoms with E-state index in [1.165, 1.54) is 6.07 Å². The van der Waals surface area contributed by atoms with Crippen LogP contribution in [-0.4, -0.2) is 52.6 Å². The Morgan fingerprint density at radius 2 is 1.96 bits per heavy atom. The molecular weight excluding hydrogens is 359 g/mol. The number of halogens is 1. The molecule has 5 nitrogen and oxygen atoms in total. The molecule has 0 bridgehead atoms. The zero-order valence-electron chi connectivity index (χ0n) is 16.2. The van der Waals surface area contributed by atoms with Crippen molar-refractivity contribution in [2.75, 3.05) is 26.2 Å². The van der Waals surface area contributed by atoms with E-state index in [9.17, 15) is 14.3 Å². The molecule has 3 rings (SSSR count). The van der Waals surface area contributed by atoms with Crippen molar-refractivity contribution in [2.24, 2.45) is 0 Å². The van der Waals surface area contributed by atoms with E-state index >= 15 is 0 Å². The van der Waals surface area contributed by atoms with Crippen LogP contribution in [0, 0.1) is 17.7 Å². The van der Waals surface area contributed by atoms with Gasteiger partial charge in [0.1, 0.15) is 11.4 Å². The lowest BCUT2D eigenvalue weighted by Crippen LogP contribution is -2.35. The Morgan fingerprint density at radius 1 is 1.18 bits per heavy atom. The minimum absolute atomic E-state index is 0.177. The fourth-order valence-corrected chi connectivity index (χ4v) is 3.09. The van der Waals surface area contributed by atoms with Gasteiger partial charge in [-0.1, -0.05) is 24.1 Å². The van der Waals surface area contributed by atoms with Crippen LogP contribution in [0.2, 0.25) is 0 Å². The predicted octanol–water partition coefficient (Wildman–Crippen LogP) is 2.89. The molecule has 6 heteroatoms. The largest absolute Gasteiger partial charge is 0.443 e. The molecule has 1 aliphatic heterocycles. The van der Waals surface area contributed by atoms with Crippen molar-refractivity contribution in [3.8, 4) is 11.8 Å². The summed E-state index contributed by atoms with van der Waals surface area (Å²) < 4.78 is 19.4. The SMILES string of the molecule is CC(C)(O)C#Cc1ccc(C(=O)N2CCCN(Cc3ccccc3F)CC2)o1. The Hall–Kier alpha value is -2.62. The normalized spacial score (nSPS) is 15.6. The number of hydrogen-bond acceptors (Lipinski definition) is 4. The number of nitrogens with zero attached hydrogens (tertiary/aromatic N) is 2. The van der Waals surface area contributed by atoms with Gasteiger partial charge in [0.2, 0.25) is 0 Å². The van der Waals surface area contributed by atoms with Crippen LogP contribution < -0.4 is 0 Å². The Kier molecular flexibility index (Phi) is 6.18. The van der Waals surface area contributed by atoms with Gasteiger partial charge in [-0.05, 0) is 44.4 Å². The summed E-state index contributed by atoms with van der Waals surface area (Å²) in [4.78, 5) is 16.7. The first-order chi connectivity index (χ1) is 13.3. The topological polar surface area (TPSA) is 56.9 Å². The summed E-state index contributed by atoms with van der Waals surface area (Å²) in [6.07, 6.45) is 0.812. The van der Waals surface area contributed by atoms with Gasteiger partial charge in [-0.3, -0.25) is 9.69 Å². The van der Waals surface area contributed by atoms with Gasteiger partial charge in [0.15, 0.2) is 11.5 Å². The van der Waals surface area contributed by atoms with Crippen molar-refractivity contribution >= 4 is 5.91 Å². The highest BCUT2D eigenvalue weighted by Gasteiger charge is 2.23. The number of furan rings is 1. The summed E-state index contributed by atoms with van der Waals surface area (Å²) in [5.41, 5.74) is -0.452. The molecule has 0 aliphatic carbocycles. The van der Waals surface area contributed by atoms with Crippen LogP contribution >= 0.6 is 0 Å². The lowest BCUT2D eigenvalue weighted by molar-refractivity contribution is 0.0728. The third-order valence-corrected chi connectivity index (χ3v) is 4.54. The molecule has 2 aromatic rings. The molecule has 0 atom stereocenters. The first kappa shape index (κ1) is 20.1. The predicted molar refractivity (Wildman–Crippen MR) is 104 cm³/mol. The van der Waals surface area contributed by atoms with Gasteiger partial charge in [0.25, 0.3) is 5.91 Å². The molecule has 28 heavy (non-hydrogen) atoms. The number of carbonyl (C=O) groups is 1. The van der Waals surface area contributed by atoms with Gasteiger partial charge in [0, 0.05) is 38.3 Å². The molecule has 0 unspecified atom stereocenters. The first-order valence-electron chi connectivity index (χ1n) is 9.42. The van der Waals surface area contributed by atoms with E-state index in [1.54, 1.807) is 43.0 Å². The number of aliphatic hydroxyl groups is 1. The summed E-state index contributed by atoms with van der Waals surface area (Å²) in [5.74, 6) is 5.61. The number of hydrogen-bond donors (Lipinski definition) is 1. The Labute approximate surface area is 164 Å². The van der Waals surface area contributed by atoms with E-state index in [4.69, 9.17) is 4.42 Å². The van der Waals surface area contributed by atoms with E-state index in [-0.39, 0.29) is 17.5 Å². The maximum absolute atomic E-state index is 13.9. The number of carbonyl (C=O) groups excluding carboxylic acids is 1. The van der Waals surface area contributed by atoms with Crippen molar-refractivity contribution < 1.29 is 18.7 Å². The quantitative estimate of drug-likeness (QED) is 0.827. The van der Waals surface area contributed by atoms with Crippen molar-refractivity contribution in [1.82, 2.24) is 9.80 Å². The average Bonchev–Trinajstić information content (AvgIpc) is 3.00. The van der Waals surface area contributed by atoms with Crippen LogP contribution in [0.25, 0.3) is 0 Å². The van der Waals surface area contributed by atoms with E-state index in [1.807, 2.05) is 6.07 Å². The van der Waals surface area contributed by atoms with E-state index < -0.39 is 5.60 Å². The molecule has 148 valence electrons. The third kappa shape index (κ3) is 5.44. The van der Waals surface area contributed by atoms with Crippen LogP contribution in [0.3, 0.4) is 0 Å². The maximum atomic E-state index is 13.9. The van der Waals surface area contributed by atoms with Crippen molar-refractivity contribution in [3.63, 3.8) is 0 Å². The van der Waals surface area contributed by atoms with Crippen LogP contribution in [0.4, 0.5) is 4.39 Å². The summed E-state index contributed by atoms with van der Waals surface area (Å²) in [6.45, 7) is 6.35. The van der Waals surface area contributed by atoms with Gasteiger partial charge >= 0.3 is 0 Å². The Bertz CT molecular complexity index is 889. The third-order valence-electron chi connectivity index (χ3n) is 4.54. The molecule has 1 amide bonds. The summed E-state index contributed by atoms with van der Waals surface area (Å²) in [6, 6.07) is 10.0. The lowest BCUT2D eigenvalue weighted by Gasteiger charge is -2.21. The molecule has 2 heterocycles. The van der Waals surface area contributed by atoms with Crippen molar-refractivity contribution in [3.05, 3.63) is 59.3 Å². The molecule has 1 N–H and O–H groups in total. The molecular formula is C22H25FN2O3. The Balaban J connectivity index is 1.61. The molecule has 1 aliphatic rings. The Morgan fingerprint density at radius 3 is 2.71 bits per heavy atom. The standard InChI is InChI=1S/C22H25FN2O3/c1-22(2,27)11-10-18-8-9-20(28-18)21(26)25-13-5-12-24(14-15-25)16-17-6-3-4-7-19(17)23/h3-4,6-9,27H,5,12-16H2,1-2H3. The van der Waals surface area contributed by atoms with Crippen LogP contribution in [0.5, 0.6) is 0 Å².